The number of pyridine rings is 1. The molecule has 0 saturated carbocycles. The molecule has 0 N–H and O–H groups in total. The Kier molecular flexibility index (Phi) is 13.4. The standard InChI is InChI=1S/C23H40N/c1-3-5-6-7-8-9-10-11-12-13-14-15-16-17-20-24-21-18-19-23(4-2)22-24/h4,18-19,21-22H,2-3,5-17,20H2,1H3/q+1. The summed E-state index contributed by atoms with van der Waals surface area (Å²) in [5.74, 6) is 0. The zero-order valence-electron chi connectivity index (χ0n) is 16.1. The molecular formula is C23H40N+. The number of hydrogen-bond acceptors (Lipinski definition) is 0. The second kappa shape index (κ2) is 15.4. The molecule has 24 heavy (non-hydrogen) atoms. The molecule has 0 aromatic carbocycles. The van der Waals surface area contributed by atoms with E-state index in [0.717, 1.165) is 6.54 Å². The second-order valence-corrected chi connectivity index (χ2v) is 7.18. The number of nitrogens with zero attached hydrogens (tertiary/aromatic N) is 1. The van der Waals surface area contributed by atoms with E-state index in [9.17, 15) is 0 Å². The first-order chi connectivity index (χ1) is 11.9. The van der Waals surface area contributed by atoms with Crippen LogP contribution in [0.25, 0.3) is 6.08 Å². The summed E-state index contributed by atoms with van der Waals surface area (Å²) < 4.78 is 2.29. The minimum Gasteiger partial charge on any atom is -0.205 e. The van der Waals surface area contributed by atoms with Crippen LogP contribution in [0.1, 0.15) is 102 Å². The molecule has 0 unspecified atom stereocenters. The van der Waals surface area contributed by atoms with Gasteiger partial charge in [0.25, 0.3) is 0 Å². The Morgan fingerprint density at radius 1 is 0.792 bits per heavy atom. The van der Waals surface area contributed by atoms with Gasteiger partial charge in [-0.1, -0.05) is 96.6 Å². The lowest BCUT2D eigenvalue weighted by atomic mass is 10.0. The Bertz CT molecular complexity index is 410. The lowest BCUT2D eigenvalue weighted by Crippen LogP contribution is -2.32. The van der Waals surface area contributed by atoms with Gasteiger partial charge >= 0.3 is 0 Å². The molecule has 1 nitrogen and oxygen atoms in total. The fourth-order valence-electron chi connectivity index (χ4n) is 3.29. The fraction of sp³-hybridized carbons (Fsp3) is 0.696. The molecule has 0 aliphatic rings. The highest BCUT2D eigenvalue weighted by molar-refractivity contribution is 5.43. The van der Waals surface area contributed by atoms with E-state index in [1.165, 1.54) is 95.5 Å². The molecule has 0 aliphatic carbocycles. The Hall–Kier alpha value is -1.11. The number of unbranched alkanes of at least 4 members (excludes halogenated alkanes) is 13. The van der Waals surface area contributed by atoms with Crippen LogP contribution in [-0.2, 0) is 6.54 Å². The molecular weight excluding hydrogens is 290 g/mol. The topological polar surface area (TPSA) is 3.88 Å². The van der Waals surface area contributed by atoms with Gasteiger partial charge in [-0.3, -0.25) is 0 Å². The molecule has 136 valence electrons. The Morgan fingerprint density at radius 3 is 1.79 bits per heavy atom. The van der Waals surface area contributed by atoms with Gasteiger partial charge in [-0.25, -0.2) is 4.57 Å². The summed E-state index contributed by atoms with van der Waals surface area (Å²) in [5.41, 5.74) is 1.21. The maximum Gasteiger partial charge on any atom is 0.176 e. The summed E-state index contributed by atoms with van der Waals surface area (Å²) in [6, 6.07) is 4.22. The van der Waals surface area contributed by atoms with Crippen molar-refractivity contribution in [3.8, 4) is 0 Å². The predicted molar refractivity (Wildman–Crippen MR) is 107 cm³/mol. The van der Waals surface area contributed by atoms with Crippen LogP contribution in [-0.4, -0.2) is 0 Å². The smallest absolute Gasteiger partial charge is 0.176 e. The maximum atomic E-state index is 3.83. The van der Waals surface area contributed by atoms with Crippen molar-refractivity contribution < 1.29 is 4.57 Å². The van der Waals surface area contributed by atoms with Crippen molar-refractivity contribution in [3.63, 3.8) is 0 Å². The first-order valence-electron chi connectivity index (χ1n) is 10.5. The van der Waals surface area contributed by atoms with Gasteiger partial charge in [0, 0.05) is 18.1 Å². The Balaban J connectivity index is 1.83. The van der Waals surface area contributed by atoms with Crippen LogP contribution in [0.3, 0.4) is 0 Å². The highest BCUT2D eigenvalue weighted by Gasteiger charge is 2.00. The van der Waals surface area contributed by atoms with Crippen LogP contribution in [0, 0.1) is 0 Å². The first kappa shape index (κ1) is 20.9. The summed E-state index contributed by atoms with van der Waals surface area (Å²) in [7, 11) is 0. The summed E-state index contributed by atoms with van der Waals surface area (Å²) >= 11 is 0. The van der Waals surface area contributed by atoms with Gasteiger partial charge in [0.05, 0.1) is 0 Å². The average molecular weight is 331 g/mol. The molecule has 0 saturated heterocycles. The molecule has 0 bridgehead atoms. The van der Waals surface area contributed by atoms with E-state index >= 15 is 0 Å². The van der Waals surface area contributed by atoms with Crippen LogP contribution in [0.2, 0.25) is 0 Å². The van der Waals surface area contributed by atoms with Crippen molar-refractivity contribution in [1.29, 1.82) is 0 Å². The molecule has 1 aromatic heterocycles. The largest absolute Gasteiger partial charge is 0.205 e. The van der Waals surface area contributed by atoms with E-state index in [4.69, 9.17) is 0 Å². The molecule has 0 atom stereocenters. The van der Waals surface area contributed by atoms with Crippen molar-refractivity contribution in [2.75, 3.05) is 0 Å². The van der Waals surface area contributed by atoms with Gasteiger partial charge in [-0.2, -0.15) is 0 Å². The number of aryl methyl sites for hydroxylation is 1. The minimum absolute atomic E-state index is 1.14. The third-order valence-electron chi connectivity index (χ3n) is 4.89. The third-order valence-corrected chi connectivity index (χ3v) is 4.89. The molecule has 0 fully saturated rings. The van der Waals surface area contributed by atoms with Gasteiger partial charge in [-0.15, -0.1) is 0 Å². The molecule has 1 heterocycles. The molecule has 1 aromatic rings. The van der Waals surface area contributed by atoms with Gasteiger partial charge in [0.2, 0.25) is 0 Å². The maximum absolute atomic E-state index is 3.83. The van der Waals surface area contributed by atoms with E-state index < -0.39 is 0 Å². The van der Waals surface area contributed by atoms with Crippen molar-refractivity contribution in [1.82, 2.24) is 0 Å². The van der Waals surface area contributed by atoms with Crippen molar-refractivity contribution in [3.05, 3.63) is 36.7 Å². The second-order valence-electron chi connectivity index (χ2n) is 7.18. The molecule has 0 spiro atoms. The van der Waals surface area contributed by atoms with Crippen LogP contribution < -0.4 is 4.57 Å². The van der Waals surface area contributed by atoms with Gasteiger partial charge in [0.15, 0.2) is 12.4 Å². The quantitative estimate of drug-likeness (QED) is 0.225. The van der Waals surface area contributed by atoms with Crippen LogP contribution >= 0.6 is 0 Å². The number of rotatable bonds is 16. The van der Waals surface area contributed by atoms with Gasteiger partial charge in [0.1, 0.15) is 6.54 Å². The lowest BCUT2D eigenvalue weighted by Gasteiger charge is -2.03. The van der Waals surface area contributed by atoms with Crippen LogP contribution in [0.4, 0.5) is 0 Å². The highest BCUT2D eigenvalue weighted by atomic mass is 14.9. The van der Waals surface area contributed by atoms with E-state index in [0.29, 0.717) is 0 Å². The normalized spacial score (nSPS) is 10.9. The highest BCUT2D eigenvalue weighted by Crippen LogP contribution is 2.12. The zero-order chi connectivity index (χ0) is 17.3. The minimum atomic E-state index is 1.14. The van der Waals surface area contributed by atoms with Crippen molar-refractivity contribution in [2.24, 2.45) is 0 Å². The third kappa shape index (κ3) is 11.4. The summed E-state index contributed by atoms with van der Waals surface area (Å²) in [5, 5.41) is 0. The lowest BCUT2D eigenvalue weighted by molar-refractivity contribution is -0.697. The number of aromatic nitrogens is 1. The summed E-state index contributed by atoms with van der Waals surface area (Å²) in [4.78, 5) is 0. The predicted octanol–water partition coefficient (Wildman–Crippen LogP) is 7.10. The molecule has 1 rings (SSSR count). The summed E-state index contributed by atoms with van der Waals surface area (Å²) in [6.45, 7) is 7.26. The van der Waals surface area contributed by atoms with Crippen molar-refractivity contribution >= 4 is 6.08 Å². The fourth-order valence-corrected chi connectivity index (χ4v) is 3.29. The van der Waals surface area contributed by atoms with E-state index in [1.807, 2.05) is 6.08 Å². The monoisotopic (exact) mass is 330 g/mol. The molecule has 1 heteroatoms. The van der Waals surface area contributed by atoms with Gasteiger partial charge < -0.3 is 0 Å². The molecule has 0 radical (unpaired) electrons. The molecule has 0 aliphatic heterocycles. The summed E-state index contributed by atoms with van der Waals surface area (Å²) in [6.07, 6.45) is 26.2. The average Bonchev–Trinajstić information content (AvgIpc) is 2.62. The zero-order valence-corrected chi connectivity index (χ0v) is 16.1. The van der Waals surface area contributed by atoms with Gasteiger partial charge in [-0.05, 0) is 12.5 Å². The number of hydrogen-bond donors (Lipinski definition) is 0. The van der Waals surface area contributed by atoms with E-state index in [-0.39, 0.29) is 0 Å². The first-order valence-corrected chi connectivity index (χ1v) is 10.5. The Morgan fingerprint density at radius 2 is 1.29 bits per heavy atom. The SMILES string of the molecule is C=Cc1ccc[n+](CCCCCCCCCCCCCCCC)c1. The molecule has 0 amide bonds. The van der Waals surface area contributed by atoms with E-state index in [2.05, 4.69) is 42.6 Å². The van der Waals surface area contributed by atoms with Crippen LogP contribution in [0.15, 0.2) is 31.1 Å². The Labute approximate surface area is 151 Å². The van der Waals surface area contributed by atoms with E-state index in [1.54, 1.807) is 0 Å². The van der Waals surface area contributed by atoms with Crippen LogP contribution in [0.5, 0.6) is 0 Å². The van der Waals surface area contributed by atoms with Crippen molar-refractivity contribution in [2.45, 2.75) is 103 Å².